The summed E-state index contributed by atoms with van der Waals surface area (Å²) in [4.78, 5) is 29.0. The van der Waals surface area contributed by atoms with Crippen LogP contribution in [0.4, 0.5) is 18.0 Å². The Hall–Kier alpha value is -2.16. The highest BCUT2D eigenvalue weighted by molar-refractivity contribution is 5.82. The number of amides is 2. The maximum atomic E-state index is 12.6. The summed E-state index contributed by atoms with van der Waals surface area (Å²) < 4.78 is 43.3. The molecular weight excluding hydrogens is 355 g/mol. The predicted octanol–water partition coefficient (Wildman–Crippen LogP) is 3.23. The van der Waals surface area contributed by atoms with E-state index in [1.54, 1.807) is 20.8 Å². The second-order valence-corrected chi connectivity index (χ2v) is 7.67. The number of azide groups is 1. The van der Waals surface area contributed by atoms with Crippen LogP contribution in [0.25, 0.3) is 10.4 Å². The monoisotopic (exact) mass is 377 g/mol. The van der Waals surface area contributed by atoms with Gasteiger partial charge in [-0.25, -0.2) is 4.79 Å². The van der Waals surface area contributed by atoms with E-state index in [1.165, 1.54) is 4.90 Å². The average Bonchev–Trinajstić information content (AvgIpc) is 2.83. The lowest BCUT2D eigenvalue weighted by Gasteiger charge is -2.45. The standard InChI is InChI=1S/C15H22F3N5O3/c1-13(2,3)26-12(25)23-9-10(20-21-19)8-14(23)4-6-22(7-5-14)11(24)15(16,17)18/h10H,4-9H2,1-3H3. The highest BCUT2D eigenvalue weighted by Crippen LogP contribution is 2.41. The first-order chi connectivity index (χ1) is 11.9. The van der Waals surface area contributed by atoms with Crippen LogP contribution in [0.15, 0.2) is 5.11 Å². The van der Waals surface area contributed by atoms with Crippen molar-refractivity contribution in [3.63, 3.8) is 0 Å². The number of nitrogens with zero attached hydrogens (tertiary/aromatic N) is 5. The first-order valence-electron chi connectivity index (χ1n) is 8.29. The van der Waals surface area contributed by atoms with Gasteiger partial charge in [0.2, 0.25) is 0 Å². The Kier molecular flexibility index (Phi) is 5.32. The molecule has 2 aliphatic rings. The summed E-state index contributed by atoms with van der Waals surface area (Å²) >= 11 is 0. The number of likely N-dealkylation sites (tertiary alicyclic amines) is 2. The maximum absolute atomic E-state index is 12.6. The van der Waals surface area contributed by atoms with Crippen LogP contribution in [-0.2, 0) is 9.53 Å². The molecule has 1 atom stereocenters. The molecule has 0 aromatic heterocycles. The molecule has 1 spiro atoms. The molecule has 2 amide bonds. The number of hydrogen-bond acceptors (Lipinski definition) is 4. The number of alkyl halides is 3. The zero-order valence-electron chi connectivity index (χ0n) is 14.9. The molecule has 0 saturated carbocycles. The van der Waals surface area contributed by atoms with E-state index in [1.807, 2.05) is 0 Å². The molecular formula is C15H22F3N5O3. The van der Waals surface area contributed by atoms with E-state index in [0.29, 0.717) is 6.42 Å². The van der Waals surface area contributed by atoms with E-state index in [-0.39, 0.29) is 32.5 Å². The molecule has 8 nitrogen and oxygen atoms in total. The van der Waals surface area contributed by atoms with Crippen molar-refractivity contribution < 1.29 is 27.5 Å². The molecule has 11 heteroatoms. The lowest BCUT2D eigenvalue weighted by atomic mass is 9.84. The molecule has 0 N–H and O–H groups in total. The van der Waals surface area contributed by atoms with Gasteiger partial charge in [-0.2, -0.15) is 13.2 Å². The van der Waals surface area contributed by atoms with Crippen LogP contribution in [0, 0.1) is 0 Å². The summed E-state index contributed by atoms with van der Waals surface area (Å²) in [7, 11) is 0. The predicted molar refractivity (Wildman–Crippen MR) is 85.1 cm³/mol. The Morgan fingerprint density at radius 1 is 1.23 bits per heavy atom. The quantitative estimate of drug-likeness (QED) is 0.398. The molecule has 2 rings (SSSR count). The summed E-state index contributed by atoms with van der Waals surface area (Å²) in [6, 6.07) is -0.475. The first-order valence-corrected chi connectivity index (χ1v) is 8.29. The largest absolute Gasteiger partial charge is 0.471 e. The van der Waals surface area contributed by atoms with E-state index in [4.69, 9.17) is 10.3 Å². The molecule has 2 saturated heterocycles. The molecule has 2 fully saturated rings. The number of halogens is 3. The minimum absolute atomic E-state index is 0.124. The van der Waals surface area contributed by atoms with Crippen LogP contribution >= 0.6 is 0 Å². The zero-order valence-corrected chi connectivity index (χ0v) is 14.9. The number of ether oxygens (including phenoxy) is 1. The molecule has 2 aliphatic heterocycles. The molecule has 2 heterocycles. The lowest BCUT2D eigenvalue weighted by Crippen LogP contribution is -2.57. The smallest absolute Gasteiger partial charge is 0.444 e. The molecule has 0 aromatic rings. The Labute approximate surface area is 148 Å². The maximum Gasteiger partial charge on any atom is 0.471 e. The third-order valence-corrected chi connectivity index (χ3v) is 4.63. The average molecular weight is 377 g/mol. The topological polar surface area (TPSA) is 98.6 Å². The van der Waals surface area contributed by atoms with Gasteiger partial charge >= 0.3 is 18.2 Å². The summed E-state index contributed by atoms with van der Waals surface area (Å²) in [5.74, 6) is -1.87. The molecule has 0 aliphatic carbocycles. The number of rotatable bonds is 1. The fourth-order valence-electron chi connectivity index (χ4n) is 3.53. The van der Waals surface area contributed by atoms with Gasteiger partial charge in [-0.1, -0.05) is 5.11 Å². The van der Waals surface area contributed by atoms with Crippen molar-refractivity contribution in [2.24, 2.45) is 5.11 Å². The number of carbonyl (C=O) groups is 2. The Balaban J connectivity index is 2.17. The van der Waals surface area contributed by atoms with Gasteiger partial charge in [-0.05, 0) is 45.6 Å². The van der Waals surface area contributed by atoms with Gasteiger partial charge in [0.1, 0.15) is 5.60 Å². The third-order valence-electron chi connectivity index (χ3n) is 4.63. The van der Waals surface area contributed by atoms with Crippen molar-refractivity contribution in [3.8, 4) is 0 Å². The van der Waals surface area contributed by atoms with Crippen molar-refractivity contribution in [1.82, 2.24) is 9.80 Å². The van der Waals surface area contributed by atoms with E-state index >= 15 is 0 Å². The van der Waals surface area contributed by atoms with Gasteiger partial charge in [0.25, 0.3) is 0 Å². The van der Waals surface area contributed by atoms with Gasteiger partial charge < -0.3 is 14.5 Å². The fraction of sp³-hybridized carbons (Fsp3) is 0.867. The number of carbonyl (C=O) groups excluding carboxylic acids is 2. The summed E-state index contributed by atoms with van der Waals surface area (Å²) in [5.41, 5.74) is 7.17. The molecule has 0 radical (unpaired) electrons. The Morgan fingerprint density at radius 3 is 2.27 bits per heavy atom. The van der Waals surface area contributed by atoms with Crippen molar-refractivity contribution in [3.05, 3.63) is 10.4 Å². The van der Waals surface area contributed by atoms with Crippen molar-refractivity contribution in [1.29, 1.82) is 0 Å². The second-order valence-electron chi connectivity index (χ2n) is 7.67. The lowest BCUT2D eigenvalue weighted by molar-refractivity contribution is -0.187. The molecule has 146 valence electrons. The minimum atomic E-state index is -4.92. The molecule has 26 heavy (non-hydrogen) atoms. The van der Waals surface area contributed by atoms with Crippen LogP contribution in [0.2, 0.25) is 0 Å². The molecule has 1 unspecified atom stereocenters. The van der Waals surface area contributed by atoms with E-state index < -0.39 is 35.4 Å². The van der Waals surface area contributed by atoms with Crippen LogP contribution in [0.3, 0.4) is 0 Å². The number of piperidine rings is 1. The minimum Gasteiger partial charge on any atom is -0.444 e. The SMILES string of the molecule is CC(C)(C)OC(=O)N1CC(N=[N+]=[N-])CC12CCN(C(=O)C(F)(F)F)CC2. The highest BCUT2D eigenvalue weighted by Gasteiger charge is 2.52. The molecule has 0 aromatic carbocycles. The second kappa shape index (κ2) is 6.86. The van der Waals surface area contributed by atoms with Crippen LogP contribution in [-0.4, -0.2) is 64.8 Å². The molecule has 0 bridgehead atoms. The number of hydrogen-bond donors (Lipinski definition) is 0. The third kappa shape index (κ3) is 4.32. The van der Waals surface area contributed by atoms with Crippen LogP contribution < -0.4 is 0 Å². The van der Waals surface area contributed by atoms with E-state index in [0.717, 1.165) is 4.90 Å². The van der Waals surface area contributed by atoms with Crippen molar-refractivity contribution in [2.75, 3.05) is 19.6 Å². The summed E-state index contributed by atoms with van der Waals surface area (Å²) in [6.45, 7) is 5.03. The summed E-state index contributed by atoms with van der Waals surface area (Å²) in [5, 5.41) is 3.67. The Morgan fingerprint density at radius 2 is 1.81 bits per heavy atom. The van der Waals surface area contributed by atoms with Gasteiger partial charge in [-0.15, -0.1) is 0 Å². The Bertz CT molecular complexity index is 617. The first kappa shape index (κ1) is 20.2. The van der Waals surface area contributed by atoms with Crippen molar-refractivity contribution in [2.45, 2.75) is 63.4 Å². The van der Waals surface area contributed by atoms with Crippen molar-refractivity contribution >= 4 is 12.0 Å². The zero-order chi connectivity index (χ0) is 19.8. The van der Waals surface area contributed by atoms with Crippen LogP contribution in [0.5, 0.6) is 0 Å². The fourth-order valence-corrected chi connectivity index (χ4v) is 3.53. The highest BCUT2D eigenvalue weighted by atomic mass is 19.4. The van der Waals surface area contributed by atoms with E-state index in [9.17, 15) is 22.8 Å². The van der Waals surface area contributed by atoms with Crippen LogP contribution in [0.1, 0.15) is 40.0 Å². The van der Waals surface area contributed by atoms with Gasteiger partial charge in [-0.3, -0.25) is 4.79 Å². The van der Waals surface area contributed by atoms with Gasteiger partial charge in [0, 0.05) is 24.5 Å². The van der Waals surface area contributed by atoms with Gasteiger partial charge in [0.15, 0.2) is 0 Å². The normalized spacial score (nSPS) is 22.9. The van der Waals surface area contributed by atoms with Gasteiger partial charge in [0.05, 0.1) is 11.6 Å². The van der Waals surface area contributed by atoms with E-state index in [2.05, 4.69) is 10.0 Å². The summed E-state index contributed by atoms with van der Waals surface area (Å²) in [6.07, 6.45) is -4.83.